The number of nitrogens with one attached hydrogen (secondary N) is 3. The number of alkyl carbamates (subject to hydrolysis) is 1. The van der Waals surface area contributed by atoms with Crippen molar-refractivity contribution < 1.29 is 18.7 Å². The van der Waals surface area contributed by atoms with Gasteiger partial charge in [-0.15, -0.1) is 0 Å². The van der Waals surface area contributed by atoms with Crippen LogP contribution in [0.15, 0.2) is 48.7 Å². The Morgan fingerprint density at radius 3 is 2.86 bits per heavy atom. The van der Waals surface area contributed by atoms with Gasteiger partial charge in [-0.05, 0) is 74.3 Å². The fourth-order valence-corrected chi connectivity index (χ4v) is 6.06. The SMILES string of the molecule is CCOC(=O)N[C@@H]1CC[C@@H]2[C@@H](C1)C[C@@H]1NC(=O)N[C@@H]1[C@H]2/C=C/c1ccc(-c2cccc(F)c2)cn1. The van der Waals surface area contributed by atoms with Crippen LogP contribution in [0.5, 0.6) is 0 Å². The van der Waals surface area contributed by atoms with E-state index >= 15 is 0 Å². The Labute approximate surface area is 204 Å². The van der Waals surface area contributed by atoms with Crippen molar-refractivity contribution >= 4 is 18.2 Å². The number of aromatic nitrogens is 1. The average molecular weight is 479 g/mol. The summed E-state index contributed by atoms with van der Waals surface area (Å²) in [6.45, 7) is 2.16. The van der Waals surface area contributed by atoms with Gasteiger partial charge in [-0.2, -0.15) is 0 Å². The molecule has 35 heavy (non-hydrogen) atoms. The van der Waals surface area contributed by atoms with E-state index in [-0.39, 0.29) is 42.0 Å². The van der Waals surface area contributed by atoms with E-state index in [1.54, 1.807) is 19.2 Å². The molecule has 1 aliphatic heterocycles. The van der Waals surface area contributed by atoms with Gasteiger partial charge in [0.2, 0.25) is 0 Å². The van der Waals surface area contributed by atoms with Gasteiger partial charge in [-0.25, -0.2) is 14.0 Å². The average Bonchev–Trinajstić information content (AvgIpc) is 3.22. The molecule has 1 saturated heterocycles. The zero-order valence-electron chi connectivity index (χ0n) is 19.7. The first-order valence-corrected chi connectivity index (χ1v) is 12.4. The molecule has 2 heterocycles. The Bertz CT molecular complexity index is 1110. The molecule has 0 unspecified atom stereocenters. The quantitative estimate of drug-likeness (QED) is 0.590. The molecule has 2 aromatic rings. The van der Waals surface area contributed by atoms with Crippen molar-refractivity contribution in [2.45, 2.75) is 50.7 Å². The molecule has 3 N–H and O–H groups in total. The van der Waals surface area contributed by atoms with Gasteiger partial charge >= 0.3 is 12.1 Å². The maximum absolute atomic E-state index is 13.6. The summed E-state index contributed by atoms with van der Waals surface area (Å²) in [6, 6.07) is 10.4. The van der Waals surface area contributed by atoms with E-state index in [2.05, 4.69) is 27.0 Å². The normalized spacial score (nSPS) is 29.6. The lowest BCUT2D eigenvalue weighted by Crippen LogP contribution is -2.53. The van der Waals surface area contributed by atoms with Crippen molar-refractivity contribution in [2.24, 2.45) is 17.8 Å². The van der Waals surface area contributed by atoms with E-state index < -0.39 is 0 Å². The lowest BCUT2D eigenvalue weighted by atomic mass is 9.61. The van der Waals surface area contributed by atoms with E-state index in [4.69, 9.17) is 4.74 Å². The second kappa shape index (κ2) is 10.1. The third-order valence-electron chi connectivity index (χ3n) is 7.59. The summed E-state index contributed by atoms with van der Waals surface area (Å²) >= 11 is 0. The summed E-state index contributed by atoms with van der Waals surface area (Å²) in [5, 5.41) is 9.21. The number of fused-ring (bicyclic) bond motifs is 2. The number of carbonyl (C=O) groups excluding carboxylic acids is 2. The van der Waals surface area contributed by atoms with Gasteiger partial charge < -0.3 is 20.7 Å². The van der Waals surface area contributed by atoms with E-state index in [9.17, 15) is 14.0 Å². The molecule has 5 rings (SSSR count). The van der Waals surface area contributed by atoms with Crippen LogP contribution in [0.4, 0.5) is 14.0 Å². The first-order chi connectivity index (χ1) is 17.0. The standard InChI is InChI=1S/C27H31FN4O3/c1-2-35-27(34)30-21-9-10-22-18(13-21)14-24-25(32-26(33)31-24)23(22)11-8-20-7-6-17(15-29-20)16-4-3-5-19(28)12-16/h3-8,11-12,15,18,21-25H,2,9-10,13-14H2,1H3,(H,30,34)(H2,31,32,33)/b11-8+/t18-,21+,22+,23-,24-,25+/m0/s1. The Morgan fingerprint density at radius 2 is 2.09 bits per heavy atom. The van der Waals surface area contributed by atoms with Gasteiger partial charge in [-0.3, -0.25) is 4.98 Å². The van der Waals surface area contributed by atoms with Gasteiger partial charge in [0.1, 0.15) is 5.82 Å². The number of amides is 3. The van der Waals surface area contributed by atoms with Crippen LogP contribution in [-0.2, 0) is 4.74 Å². The first kappa shape index (κ1) is 23.3. The molecule has 0 bridgehead atoms. The number of ether oxygens (including phenoxy) is 1. The summed E-state index contributed by atoms with van der Waals surface area (Å²) in [4.78, 5) is 28.6. The lowest BCUT2D eigenvalue weighted by Gasteiger charge is -2.47. The second-order valence-electron chi connectivity index (χ2n) is 9.70. The minimum absolute atomic E-state index is 0.0427. The zero-order valence-corrected chi connectivity index (χ0v) is 19.7. The van der Waals surface area contributed by atoms with Crippen LogP contribution in [0.2, 0.25) is 0 Å². The van der Waals surface area contributed by atoms with Gasteiger partial charge in [0.25, 0.3) is 0 Å². The number of carbonyl (C=O) groups is 2. The molecule has 3 amide bonds. The molecule has 1 aromatic heterocycles. The van der Waals surface area contributed by atoms with Crippen molar-refractivity contribution in [3.8, 4) is 11.1 Å². The Morgan fingerprint density at radius 1 is 1.20 bits per heavy atom. The van der Waals surface area contributed by atoms with Gasteiger partial charge in [0.05, 0.1) is 24.4 Å². The molecule has 3 aliphatic rings. The summed E-state index contributed by atoms with van der Waals surface area (Å²) in [5.41, 5.74) is 2.47. The third-order valence-corrected chi connectivity index (χ3v) is 7.59. The molecule has 6 atom stereocenters. The van der Waals surface area contributed by atoms with Crippen molar-refractivity contribution in [1.82, 2.24) is 20.9 Å². The smallest absolute Gasteiger partial charge is 0.407 e. The third kappa shape index (κ3) is 5.16. The highest BCUT2D eigenvalue weighted by atomic mass is 19.1. The molecular weight excluding hydrogens is 447 g/mol. The van der Waals surface area contributed by atoms with Crippen molar-refractivity contribution in [3.05, 3.63) is 60.2 Å². The Balaban J connectivity index is 1.31. The number of hydrogen-bond acceptors (Lipinski definition) is 4. The maximum Gasteiger partial charge on any atom is 0.407 e. The van der Waals surface area contributed by atoms with Gasteiger partial charge in [0, 0.05) is 23.7 Å². The van der Waals surface area contributed by atoms with Crippen molar-refractivity contribution in [1.29, 1.82) is 0 Å². The van der Waals surface area contributed by atoms with Crippen molar-refractivity contribution in [3.63, 3.8) is 0 Å². The monoisotopic (exact) mass is 478 g/mol. The van der Waals surface area contributed by atoms with Crippen LogP contribution in [0.1, 0.15) is 38.3 Å². The predicted molar refractivity (Wildman–Crippen MR) is 131 cm³/mol. The predicted octanol–water partition coefficient (Wildman–Crippen LogP) is 4.50. The minimum Gasteiger partial charge on any atom is -0.450 e. The number of halogens is 1. The number of benzene rings is 1. The fraction of sp³-hybridized carbons (Fsp3) is 0.444. The molecule has 3 fully saturated rings. The molecule has 0 radical (unpaired) electrons. The summed E-state index contributed by atoms with van der Waals surface area (Å²) in [7, 11) is 0. The number of pyridine rings is 1. The Kier molecular flexibility index (Phi) is 6.70. The fourth-order valence-electron chi connectivity index (χ4n) is 6.06. The Hall–Kier alpha value is -3.42. The largest absolute Gasteiger partial charge is 0.450 e. The second-order valence-corrected chi connectivity index (χ2v) is 9.70. The number of nitrogens with zero attached hydrogens (tertiary/aromatic N) is 1. The molecule has 184 valence electrons. The van der Waals surface area contributed by atoms with E-state index in [1.165, 1.54) is 12.1 Å². The van der Waals surface area contributed by atoms with Gasteiger partial charge in [-0.1, -0.05) is 24.3 Å². The van der Waals surface area contributed by atoms with E-state index in [0.29, 0.717) is 18.4 Å². The van der Waals surface area contributed by atoms with Crippen LogP contribution in [0.25, 0.3) is 17.2 Å². The van der Waals surface area contributed by atoms with Crippen LogP contribution in [0, 0.1) is 23.6 Å². The van der Waals surface area contributed by atoms with Crippen LogP contribution in [-0.4, -0.2) is 41.8 Å². The van der Waals surface area contributed by atoms with Gasteiger partial charge in [0.15, 0.2) is 0 Å². The molecule has 0 spiro atoms. The van der Waals surface area contributed by atoms with E-state index in [1.807, 2.05) is 24.3 Å². The molecule has 8 heteroatoms. The van der Waals surface area contributed by atoms with E-state index in [0.717, 1.165) is 42.5 Å². The lowest BCUT2D eigenvalue weighted by molar-refractivity contribution is 0.0758. The molecule has 7 nitrogen and oxygen atoms in total. The number of urea groups is 1. The van der Waals surface area contributed by atoms with Crippen molar-refractivity contribution in [2.75, 3.05) is 6.61 Å². The molecule has 2 aliphatic carbocycles. The van der Waals surface area contributed by atoms with Crippen LogP contribution < -0.4 is 16.0 Å². The molecular formula is C27H31FN4O3. The molecule has 2 saturated carbocycles. The topological polar surface area (TPSA) is 92.4 Å². The first-order valence-electron chi connectivity index (χ1n) is 12.4. The summed E-state index contributed by atoms with van der Waals surface area (Å²) < 4.78 is 18.6. The van der Waals surface area contributed by atoms with Crippen LogP contribution >= 0.6 is 0 Å². The highest BCUT2D eigenvalue weighted by Crippen LogP contribution is 2.45. The highest BCUT2D eigenvalue weighted by Gasteiger charge is 2.49. The minimum atomic E-state index is -0.357. The summed E-state index contributed by atoms with van der Waals surface area (Å²) in [6.07, 6.45) is 9.26. The number of hydrogen-bond donors (Lipinski definition) is 3. The number of rotatable bonds is 5. The maximum atomic E-state index is 13.6. The zero-order chi connectivity index (χ0) is 24.4. The van der Waals surface area contributed by atoms with Crippen LogP contribution in [0.3, 0.4) is 0 Å². The molecule has 1 aromatic carbocycles. The summed E-state index contributed by atoms with van der Waals surface area (Å²) in [5.74, 6) is 0.716. The highest BCUT2D eigenvalue weighted by molar-refractivity contribution is 5.77.